The van der Waals surface area contributed by atoms with Crippen molar-refractivity contribution in [2.24, 2.45) is 5.73 Å². The van der Waals surface area contributed by atoms with Gasteiger partial charge in [-0.1, -0.05) is 12.2 Å². The number of rotatable bonds is 5. The number of halogens is 1. The zero-order valence-corrected chi connectivity index (χ0v) is 13.2. The molecule has 2 rings (SSSR count). The van der Waals surface area contributed by atoms with Crippen molar-refractivity contribution < 1.29 is 5.11 Å². The quantitative estimate of drug-likeness (QED) is 0.808. The minimum Gasteiger partial charge on any atom is -0.396 e. The van der Waals surface area contributed by atoms with E-state index in [1.807, 2.05) is 12.1 Å². The van der Waals surface area contributed by atoms with E-state index in [1.54, 1.807) is 0 Å². The molecule has 0 spiro atoms. The molecule has 0 saturated carbocycles. The second kappa shape index (κ2) is 6.68. The van der Waals surface area contributed by atoms with Gasteiger partial charge in [0.1, 0.15) is 4.99 Å². The molecule has 5 heteroatoms. The molecule has 104 valence electrons. The molecule has 0 amide bonds. The molecular formula is C14H19BrN2OS. The second-order valence-electron chi connectivity index (χ2n) is 4.89. The van der Waals surface area contributed by atoms with Gasteiger partial charge in [0.2, 0.25) is 0 Å². The van der Waals surface area contributed by atoms with Gasteiger partial charge in [-0.05, 0) is 59.8 Å². The van der Waals surface area contributed by atoms with E-state index in [9.17, 15) is 0 Å². The van der Waals surface area contributed by atoms with Crippen molar-refractivity contribution in [3.8, 4) is 0 Å². The molecule has 1 aromatic carbocycles. The van der Waals surface area contributed by atoms with E-state index in [1.165, 1.54) is 18.5 Å². The molecule has 1 aromatic rings. The summed E-state index contributed by atoms with van der Waals surface area (Å²) >= 11 is 8.61. The number of hydrogen-bond acceptors (Lipinski definition) is 3. The lowest BCUT2D eigenvalue weighted by Crippen LogP contribution is -2.29. The van der Waals surface area contributed by atoms with Crippen molar-refractivity contribution in [3.63, 3.8) is 0 Å². The highest BCUT2D eigenvalue weighted by Crippen LogP contribution is 2.34. The average molecular weight is 343 g/mol. The lowest BCUT2D eigenvalue weighted by Gasteiger charge is -2.28. The standard InChI is InChI=1S/C14H19BrN2OS/c15-12-9-10(14(16)19)5-6-13(12)17-7-1-3-11(17)4-2-8-18/h5-6,9,11,18H,1-4,7-8H2,(H2,16,19). The third-order valence-corrected chi connectivity index (χ3v) is 4.49. The Labute approximate surface area is 127 Å². The van der Waals surface area contributed by atoms with Gasteiger partial charge in [-0.15, -0.1) is 0 Å². The van der Waals surface area contributed by atoms with Crippen molar-refractivity contribution in [2.45, 2.75) is 31.7 Å². The van der Waals surface area contributed by atoms with Crippen LogP contribution in [-0.4, -0.2) is 29.3 Å². The smallest absolute Gasteiger partial charge is 0.104 e. The molecule has 3 nitrogen and oxygen atoms in total. The Morgan fingerprint density at radius 3 is 2.95 bits per heavy atom. The highest BCUT2D eigenvalue weighted by Gasteiger charge is 2.25. The second-order valence-corrected chi connectivity index (χ2v) is 6.18. The van der Waals surface area contributed by atoms with Gasteiger partial charge in [0, 0.05) is 29.2 Å². The Hall–Kier alpha value is -0.650. The maximum absolute atomic E-state index is 8.98. The van der Waals surface area contributed by atoms with E-state index in [2.05, 4.69) is 26.9 Å². The Kier molecular flexibility index (Phi) is 5.19. The van der Waals surface area contributed by atoms with Crippen molar-refractivity contribution in [1.82, 2.24) is 0 Å². The maximum Gasteiger partial charge on any atom is 0.104 e. The number of aliphatic hydroxyl groups excluding tert-OH is 1. The predicted octanol–water partition coefficient (Wildman–Crippen LogP) is 2.82. The summed E-state index contributed by atoms with van der Waals surface area (Å²) < 4.78 is 1.04. The number of benzene rings is 1. The van der Waals surface area contributed by atoms with Crippen LogP contribution in [0.1, 0.15) is 31.2 Å². The SMILES string of the molecule is NC(=S)c1ccc(N2CCCC2CCCO)c(Br)c1. The van der Waals surface area contributed by atoms with Crippen LogP contribution in [-0.2, 0) is 0 Å². The van der Waals surface area contributed by atoms with E-state index in [4.69, 9.17) is 23.1 Å². The highest BCUT2D eigenvalue weighted by molar-refractivity contribution is 9.10. The van der Waals surface area contributed by atoms with E-state index < -0.39 is 0 Å². The van der Waals surface area contributed by atoms with Crippen LogP contribution < -0.4 is 10.6 Å². The first-order chi connectivity index (χ1) is 9.13. The van der Waals surface area contributed by atoms with Crippen LogP contribution >= 0.6 is 28.1 Å². The molecule has 0 aromatic heterocycles. The van der Waals surface area contributed by atoms with Gasteiger partial charge in [0.25, 0.3) is 0 Å². The summed E-state index contributed by atoms with van der Waals surface area (Å²) in [7, 11) is 0. The predicted molar refractivity (Wildman–Crippen MR) is 86.7 cm³/mol. The van der Waals surface area contributed by atoms with E-state index in [0.717, 1.165) is 29.4 Å². The van der Waals surface area contributed by atoms with Gasteiger partial charge in [0.15, 0.2) is 0 Å². The van der Waals surface area contributed by atoms with Crippen molar-refractivity contribution >= 4 is 38.8 Å². The largest absolute Gasteiger partial charge is 0.396 e. The summed E-state index contributed by atoms with van der Waals surface area (Å²) in [6.07, 6.45) is 4.31. The first-order valence-electron chi connectivity index (χ1n) is 6.60. The minimum atomic E-state index is 0.270. The first-order valence-corrected chi connectivity index (χ1v) is 7.80. The monoisotopic (exact) mass is 342 g/mol. The lowest BCUT2D eigenvalue weighted by molar-refractivity contribution is 0.279. The first kappa shape index (κ1) is 14.8. The number of hydrogen-bond donors (Lipinski definition) is 2. The van der Waals surface area contributed by atoms with Gasteiger partial charge >= 0.3 is 0 Å². The zero-order valence-electron chi connectivity index (χ0n) is 10.8. The van der Waals surface area contributed by atoms with Crippen LogP contribution in [0.25, 0.3) is 0 Å². The molecule has 0 aliphatic carbocycles. The topological polar surface area (TPSA) is 49.5 Å². The summed E-state index contributed by atoms with van der Waals surface area (Å²) in [5.74, 6) is 0. The van der Waals surface area contributed by atoms with Crippen molar-refractivity contribution in [1.29, 1.82) is 0 Å². The molecule has 3 N–H and O–H groups in total. The van der Waals surface area contributed by atoms with Crippen LogP contribution in [0.4, 0.5) is 5.69 Å². The van der Waals surface area contributed by atoms with Crippen molar-refractivity contribution in [2.75, 3.05) is 18.1 Å². The normalized spacial score (nSPS) is 18.8. The van der Waals surface area contributed by atoms with Crippen LogP contribution in [0, 0.1) is 0 Å². The molecular weight excluding hydrogens is 324 g/mol. The molecule has 1 saturated heterocycles. The molecule has 1 heterocycles. The fourth-order valence-electron chi connectivity index (χ4n) is 2.67. The van der Waals surface area contributed by atoms with Crippen molar-refractivity contribution in [3.05, 3.63) is 28.2 Å². The molecule has 0 bridgehead atoms. The summed E-state index contributed by atoms with van der Waals surface area (Å²) in [5.41, 5.74) is 7.73. The fourth-order valence-corrected chi connectivity index (χ4v) is 3.41. The molecule has 0 radical (unpaired) electrons. The van der Waals surface area contributed by atoms with Crippen LogP contribution in [0.15, 0.2) is 22.7 Å². The molecule has 1 fully saturated rings. The maximum atomic E-state index is 8.98. The third kappa shape index (κ3) is 3.46. The molecule has 1 aliphatic heterocycles. The molecule has 1 unspecified atom stereocenters. The summed E-state index contributed by atoms with van der Waals surface area (Å²) in [6, 6.07) is 6.57. The third-order valence-electron chi connectivity index (χ3n) is 3.61. The fraction of sp³-hybridized carbons (Fsp3) is 0.500. The van der Waals surface area contributed by atoms with Gasteiger partial charge in [-0.3, -0.25) is 0 Å². The number of nitrogens with two attached hydrogens (primary N) is 1. The Morgan fingerprint density at radius 2 is 2.32 bits per heavy atom. The highest BCUT2D eigenvalue weighted by atomic mass is 79.9. The Balaban J connectivity index is 2.18. The summed E-state index contributed by atoms with van der Waals surface area (Å²) in [6.45, 7) is 1.34. The molecule has 19 heavy (non-hydrogen) atoms. The van der Waals surface area contributed by atoms with Crippen LogP contribution in [0.3, 0.4) is 0 Å². The van der Waals surface area contributed by atoms with Crippen LogP contribution in [0.2, 0.25) is 0 Å². The Morgan fingerprint density at radius 1 is 1.53 bits per heavy atom. The van der Waals surface area contributed by atoms with E-state index in [0.29, 0.717) is 11.0 Å². The number of thiocarbonyl (C=S) groups is 1. The average Bonchev–Trinajstić information content (AvgIpc) is 2.84. The number of aliphatic hydroxyl groups is 1. The molecule has 1 aliphatic rings. The zero-order chi connectivity index (χ0) is 13.8. The lowest BCUT2D eigenvalue weighted by atomic mass is 10.1. The minimum absolute atomic E-state index is 0.270. The summed E-state index contributed by atoms with van der Waals surface area (Å²) in [5, 5.41) is 8.98. The summed E-state index contributed by atoms with van der Waals surface area (Å²) in [4.78, 5) is 2.84. The van der Waals surface area contributed by atoms with E-state index >= 15 is 0 Å². The van der Waals surface area contributed by atoms with Gasteiger partial charge in [-0.25, -0.2) is 0 Å². The van der Waals surface area contributed by atoms with Gasteiger partial charge in [-0.2, -0.15) is 0 Å². The molecule has 1 atom stereocenters. The number of anilines is 1. The Bertz CT molecular complexity index is 467. The van der Waals surface area contributed by atoms with Gasteiger partial charge < -0.3 is 15.7 Å². The number of nitrogens with zero attached hydrogens (tertiary/aromatic N) is 1. The van der Waals surface area contributed by atoms with E-state index in [-0.39, 0.29) is 6.61 Å². The van der Waals surface area contributed by atoms with Crippen LogP contribution in [0.5, 0.6) is 0 Å². The van der Waals surface area contributed by atoms with Gasteiger partial charge in [0.05, 0.1) is 5.69 Å².